The number of nitrogens with zero attached hydrogens (tertiary/aromatic N) is 1. The molecule has 0 spiro atoms. The van der Waals surface area contributed by atoms with Crippen LogP contribution < -0.4 is 0 Å². The Hall–Kier alpha value is -3.57. The van der Waals surface area contributed by atoms with Crippen molar-refractivity contribution in [2.75, 3.05) is 26.3 Å². The highest BCUT2D eigenvalue weighted by Gasteiger charge is 2.27. The Morgan fingerprint density at radius 2 is 1.69 bits per heavy atom. The molecule has 0 saturated carbocycles. The van der Waals surface area contributed by atoms with Crippen LogP contribution in [-0.4, -0.2) is 42.3 Å². The van der Waals surface area contributed by atoms with Crippen LogP contribution in [0.2, 0.25) is 0 Å². The normalized spacial score (nSPS) is 16.9. The molecule has 1 saturated heterocycles. The fraction of sp³-hybridized carbons (Fsp3) is 0.324. The molecule has 0 unspecified atom stereocenters. The summed E-state index contributed by atoms with van der Waals surface area (Å²) >= 11 is 0. The number of rotatable bonds is 7. The second kappa shape index (κ2) is 10.9. The number of aryl methyl sites for hydroxylation is 2. The molecule has 39 heavy (non-hydrogen) atoms. The monoisotopic (exact) mass is 525 g/mol. The van der Waals surface area contributed by atoms with Crippen LogP contribution in [0, 0.1) is 5.82 Å². The summed E-state index contributed by atoms with van der Waals surface area (Å²) in [6, 6.07) is 17.4. The molecule has 1 fully saturated rings. The summed E-state index contributed by atoms with van der Waals surface area (Å²) in [4.78, 5) is 14.0. The van der Waals surface area contributed by atoms with Gasteiger partial charge in [0, 0.05) is 25.2 Å². The van der Waals surface area contributed by atoms with E-state index in [1.807, 2.05) is 12.1 Å². The first-order valence-electron chi connectivity index (χ1n) is 14.0. The third kappa shape index (κ3) is 5.08. The maximum Gasteiger partial charge on any atom is 0.335 e. The summed E-state index contributed by atoms with van der Waals surface area (Å²) in [5.74, 6) is -1.10. The summed E-state index contributed by atoms with van der Waals surface area (Å²) in [7, 11) is 0. The second-order valence-electron chi connectivity index (χ2n) is 11.0. The number of carboxylic acids is 1. The molecule has 1 heterocycles. The maximum absolute atomic E-state index is 15.6. The Kier molecular flexibility index (Phi) is 7.18. The Morgan fingerprint density at radius 1 is 0.923 bits per heavy atom. The van der Waals surface area contributed by atoms with Gasteiger partial charge in [0.15, 0.2) is 0 Å². The molecule has 3 aliphatic rings. The number of hydrogen-bond acceptors (Lipinski definition) is 2. The Bertz CT molecular complexity index is 1480. The number of aromatic carboxylic acids is 1. The number of fused-ring (bicyclic) bond motifs is 2. The lowest BCUT2D eigenvalue weighted by Gasteiger charge is -2.33. The van der Waals surface area contributed by atoms with Gasteiger partial charge in [-0.3, -0.25) is 9.29 Å². The predicted molar refractivity (Wildman–Crippen MR) is 152 cm³/mol. The molecular formula is C34H33F2NO2. The van der Waals surface area contributed by atoms with Crippen LogP contribution in [0.4, 0.5) is 8.78 Å². The van der Waals surface area contributed by atoms with Crippen molar-refractivity contribution in [1.82, 2.24) is 4.90 Å². The van der Waals surface area contributed by atoms with Crippen molar-refractivity contribution in [3.63, 3.8) is 0 Å². The molecule has 5 heteroatoms. The highest BCUT2D eigenvalue weighted by molar-refractivity contribution is 6.01. The summed E-state index contributed by atoms with van der Waals surface area (Å²) < 4.78 is 28.1. The molecule has 0 aromatic heterocycles. The number of allylic oxidation sites excluding steroid dienone is 1. The van der Waals surface area contributed by atoms with E-state index in [0.29, 0.717) is 6.42 Å². The van der Waals surface area contributed by atoms with Crippen molar-refractivity contribution >= 4 is 23.2 Å². The zero-order valence-corrected chi connectivity index (χ0v) is 22.1. The van der Waals surface area contributed by atoms with Crippen molar-refractivity contribution in [3.05, 3.63) is 110 Å². The Balaban J connectivity index is 1.44. The van der Waals surface area contributed by atoms with Crippen molar-refractivity contribution in [2.24, 2.45) is 0 Å². The summed E-state index contributed by atoms with van der Waals surface area (Å²) in [5, 5.41) is 9.61. The van der Waals surface area contributed by atoms with Gasteiger partial charge in [0.05, 0.1) is 12.2 Å². The van der Waals surface area contributed by atoms with Gasteiger partial charge < -0.3 is 5.11 Å². The average molecular weight is 526 g/mol. The van der Waals surface area contributed by atoms with E-state index in [9.17, 15) is 14.3 Å². The smallest absolute Gasteiger partial charge is 0.335 e. The number of alkyl halides is 1. The van der Waals surface area contributed by atoms with Gasteiger partial charge in [-0.2, -0.15) is 0 Å². The second-order valence-corrected chi connectivity index (χ2v) is 11.0. The van der Waals surface area contributed by atoms with Crippen LogP contribution >= 0.6 is 0 Å². The highest BCUT2D eigenvalue weighted by atomic mass is 19.1. The number of halogens is 2. The zero-order valence-electron chi connectivity index (χ0n) is 22.1. The third-order valence-electron chi connectivity index (χ3n) is 8.36. The lowest BCUT2D eigenvalue weighted by atomic mass is 9.84. The third-order valence-corrected chi connectivity index (χ3v) is 8.36. The lowest BCUT2D eigenvalue weighted by Crippen LogP contribution is -2.40. The van der Waals surface area contributed by atoms with E-state index >= 15 is 4.39 Å². The summed E-state index contributed by atoms with van der Waals surface area (Å²) in [6.45, 7) is 2.29. The molecule has 6 rings (SSSR count). The van der Waals surface area contributed by atoms with E-state index in [4.69, 9.17) is 0 Å². The minimum Gasteiger partial charge on any atom is -0.478 e. The fourth-order valence-corrected chi connectivity index (χ4v) is 6.51. The van der Waals surface area contributed by atoms with Crippen LogP contribution in [0.5, 0.6) is 0 Å². The number of carbonyl (C=O) groups is 1. The molecule has 3 aromatic rings. The standard InChI is InChI=1S/C34H33F2NO2/c35-16-3-17-37-20-23(21-37)18-22-8-10-25(11-9-22)32-29-14-12-27(34(38)39)19-26(29)5-2-7-30(32)33-28-6-1-4-24(28)13-15-31(33)36/h8-15,18-19H,1-7,16-17,20-21H2,(H,38,39). The van der Waals surface area contributed by atoms with Gasteiger partial charge in [-0.15, -0.1) is 0 Å². The van der Waals surface area contributed by atoms with E-state index in [-0.39, 0.29) is 18.1 Å². The molecule has 200 valence electrons. The molecule has 0 bridgehead atoms. The van der Waals surface area contributed by atoms with Gasteiger partial charge in [-0.25, -0.2) is 9.18 Å². The first-order valence-corrected chi connectivity index (χ1v) is 14.0. The molecule has 0 atom stereocenters. The van der Waals surface area contributed by atoms with Crippen LogP contribution in [0.3, 0.4) is 0 Å². The topological polar surface area (TPSA) is 40.5 Å². The number of hydrogen-bond donors (Lipinski definition) is 1. The Morgan fingerprint density at radius 3 is 2.46 bits per heavy atom. The van der Waals surface area contributed by atoms with E-state index < -0.39 is 5.97 Å². The molecule has 3 aromatic carbocycles. The van der Waals surface area contributed by atoms with Gasteiger partial charge in [0.2, 0.25) is 0 Å². The molecule has 1 aliphatic heterocycles. The van der Waals surface area contributed by atoms with Crippen molar-refractivity contribution in [3.8, 4) is 0 Å². The first kappa shape index (κ1) is 25.7. The van der Waals surface area contributed by atoms with E-state index in [1.165, 1.54) is 11.1 Å². The highest BCUT2D eigenvalue weighted by Crippen LogP contribution is 2.43. The van der Waals surface area contributed by atoms with Crippen LogP contribution in [0.1, 0.15) is 75.0 Å². The number of benzene rings is 3. The quantitative estimate of drug-likeness (QED) is 0.350. The minimum atomic E-state index is -0.934. The average Bonchev–Trinajstić information content (AvgIpc) is 3.31. The molecule has 1 N–H and O–H groups in total. The van der Waals surface area contributed by atoms with Gasteiger partial charge in [0.1, 0.15) is 5.82 Å². The van der Waals surface area contributed by atoms with E-state index in [2.05, 4.69) is 35.2 Å². The fourth-order valence-electron chi connectivity index (χ4n) is 6.51. The van der Waals surface area contributed by atoms with Crippen LogP contribution in [0.15, 0.2) is 60.2 Å². The summed E-state index contributed by atoms with van der Waals surface area (Å²) in [6.07, 6.45) is 8.03. The van der Waals surface area contributed by atoms with Gasteiger partial charge in [-0.1, -0.05) is 42.5 Å². The van der Waals surface area contributed by atoms with Crippen LogP contribution in [0.25, 0.3) is 17.2 Å². The Labute approximate surface area is 228 Å². The number of likely N-dealkylation sites (tertiary alicyclic amines) is 1. The van der Waals surface area contributed by atoms with Gasteiger partial charge in [-0.05, 0) is 113 Å². The predicted octanol–water partition coefficient (Wildman–Crippen LogP) is 7.37. The maximum atomic E-state index is 15.6. The SMILES string of the molecule is O=C(O)c1ccc2c(c1)CCCC(c1c(F)ccc3c1CCC3)=C2c1ccc(C=C2CN(CCCF)C2)cc1. The number of carboxylic acid groups (broad SMARTS) is 1. The molecule has 3 nitrogen and oxygen atoms in total. The first-order chi connectivity index (χ1) is 19.0. The largest absolute Gasteiger partial charge is 0.478 e. The van der Waals surface area contributed by atoms with Gasteiger partial charge in [0.25, 0.3) is 0 Å². The van der Waals surface area contributed by atoms with Crippen molar-refractivity contribution in [1.29, 1.82) is 0 Å². The molecule has 0 radical (unpaired) electrons. The molecule has 0 amide bonds. The van der Waals surface area contributed by atoms with Crippen LogP contribution in [-0.2, 0) is 19.3 Å². The van der Waals surface area contributed by atoms with Gasteiger partial charge >= 0.3 is 5.97 Å². The van der Waals surface area contributed by atoms with E-state index in [1.54, 1.807) is 18.2 Å². The van der Waals surface area contributed by atoms with Crippen molar-refractivity contribution < 1.29 is 18.7 Å². The molecule has 2 aliphatic carbocycles. The summed E-state index contributed by atoms with van der Waals surface area (Å²) in [5.41, 5.74) is 10.9. The minimum absolute atomic E-state index is 0.169. The lowest BCUT2D eigenvalue weighted by molar-refractivity contribution is 0.0696. The van der Waals surface area contributed by atoms with Crippen molar-refractivity contribution in [2.45, 2.75) is 44.9 Å². The zero-order chi connectivity index (χ0) is 26.9. The van der Waals surface area contributed by atoms with E-state index in [0.717, 1.165) is 103 Å². The molecular weight excluding hydrogens is 492 g/mol.